The van der Waals surface area contributed by atoms with E-state index in [4.69, 9.17) is 4.74 Å². The molecule has 19 heavy (non-hydrogen) atoms. The average molecular weight is 266 g/mol. The van der Waals surface area contributed by atoms with Gasteiger partial charge in [-0.25, -0.2) is 9.67 Å². The lowest BCUT2D eigenvalue weighted by atomic mass is 10.0. The van der Waals surface area contributed by atoms with Crippen LogP contribution in [0.25, 0.3) is 0 Å². The lowest BCUT2D eigenvalue weighted by molar-refractivity contribution is 0.0203. The van der Waals surface area contributed by atoms with Crippen LogP contribution in [0.3, 0.4) is 0 Å². The second-order valence-electron chi connectivity index (χ2n) is 5.57. The van der Waals surface area contributed by atoms with Gasteiger partial charge in [-0.05, 0) is 46.6 Å². The lowest BCUT2D eigenvalue weighted by Gasteiger charge is -2.27. The standard InChI is InChI=1S/C14H26N4O/c1-5-19-14(11-6-7-11)12(15-4)8-13-16-9-17-18(13)10(2)3/h9-12,14-15H,5-8H2,1-4H3. The van der Waals surface area contributed by atoms with Crippen LogP contribution in [0.5, 0.6) is 0 Å². The summed E-state index contributed by atoms with van der Waals surface area (Å²) in [5.74, 6) is 1.76. The predicted molar refractivity (Wildman–Crippen MR) is 75.1 cm³/mol. The molecule has 1 heterocycles. The molecule has 5 nitrogen and oxygen atoms in total. The molecule has 2 atom stereocenters. The van der Waals surface area contributed by atoms with Gasteiger partial charge in [0.2, 0.25) is 0 Å². The van der Waals surface area contributed by atoms with E-state index < -0.39 is 0 Å². The highest BCUT2D eigenvalue weighted by Crippen LogP contribution is 2.36. The maximum Gasteiger partial charge on any atom is 0.138 e. The van der Waals surface area contributed by atoms with Crippen molar-refractivity contribution in [3.8, 4) is 0 Å². The number of likely N-dealkylation sites (N-methyl/N-ethyl adjacent to an activating group) is 1. The van der Waals surface area contributed by atoms with Gasteiger partial charge in [-0.2, -0.15) is 5.10 Å². The molecule has 5 heteroatoms. The van der Waals surface area contributed by atoms with Crippen LogP contribution in [0.15, 0.2) is 6.33 Å². The second-order valence-corrected chi connectivity index (χ2v) is 5.57. The molecule has 2 rings (SSSR count). The minimum atomic E-state index is 0.298. The first-order valence-electron chi connectivity index (χ1n) is 7.34. The number of nitrogens with one attached hydrogen (secondary N) is 1. The van der Waals surface area contributed by atoms with Crippen molar-refractivity contribution in [2.75, 3.05) is 13.7 Å². The maximum absolute atomic E-state index is 5.95. The zero-order valence-corrected chi connectivity index (χ0v) is 12.5. The van der Waals surface area contributed by atoms with Gasteiger partial charge in [0.05, 0.1) is 6.10 Å². The molecule has 1 aliphatic carbocycles. The molecule has 1 saturated carbocycles. The molecular weight excluding hydrogens is 240 g/mol. The summed E-state index contributed by atoms with van der Waals surface area (Å²) in [6.45, 7) is 7.11. The molecule has 0 aliphatic heterocycles. The third kappa shape index (κ3) is 3.54. The van der Waals surface area contributed by atoms with Gasteiger partial charge < -0.3 is 10.1 Å². The number of hydrogen-bond acceptors (Lipinski definition) is 4. The Morgan fingerprint density at radius 1 is 1.47 bits per heavy atom. The van der Waals surface area contributed by atoms with Crippen molar-refractivity contribution in [2.45, 2.75) is 58.2 Å². The number of nitrogens with zero attached hydrogens (tertiary/aromatic N) is 3. The van der Waals surface area contributed by atoms with Crippen LogP contribution >= 0.6 is 0 Å². The molecule has 0 radical (unpaired) electrons. The third-order valence-electron chi connectivity index (χ3n) is 3.75. The summed E-state index contributed by atoms with van der Waals surface area (Å²) in [4.78, 5) is 4.40. The van der Waals surface area contributed by atoms with Gasteiger partial charge in [0.25, 0.3) is 0 Å². The molecule has 1 aromatic heterocycles. The van der Waals surface area contributed by atoms with Crippen molar-refractivity contribution >= 4 is 0 Å². The van der Waals surface area contributed by atoms with Crippen LogP contribution in [0.1, 0.15) is 45.5 Å². The summed E-state index contributed by atoms with van der Waals surface area (Å²) in [5, 5.41) is 7.71. The van der Waals surface area contributed by atoms with Crippen LogP contribution < -0.4 is 5.32 Å². The van der Waals surface area contributed by atoms with E-state index in [1.165, 1.54) is 12.8 Å². The topological polar surface area (TPSA) is 52.0 Å². The largest absolute Gasteiger partial charge is 0.377 e. The Morgan fingerprint density at radius 3 is 2.74 bits per heavy atom. The minimum absolute atomic E-state index is 0.298. The highest BCUT2D eigenvalue weighted by atomic mass is 16.5. The fourth-order valence-corrected chi connectivity index (χ4v) is 2.63. The average Bonchev–Trinajstić information content (AvgIpc) is 3.12. The Labute approximate surface area is 115 Å². The summed E-state index contributed by atoms with van der Waals surface area (Å²) in [6, 6.07) is 0.663. The Bertz CT molecular complexity index is 387. The van der Waals surface area contributed by atoms with E-state index in [9.17, 15) is 0 Å². The van der Waals surface area contributed by atoms with Gasteiger partial charge in [0.15, 0.2) is 0 Å². The van der Waals surface area contributed by atoms with E-state index >= 15 is 0 Å². The normalized spacial score (nSPS) is 18.8. The molecule has 1 fully saturated rings. The number of rotatable bonds is 8. The van der Waals surface area contributed by atoms with E-state index in [0.29, 0.717) is 24.1 Å². The predicted octanol–water partition coefficient (Wildman–Crippen LogP) is 1.80. The fourth-order valence-electron chi connectivity index (χ4n) is 2.63. The quantitative estimate of drug-likeness (QED) is 0.779. The SMILES string of the molecule is CCOC(C1CC1)C(Cc1ncnn1C(C)C)NC. The van der Waals surface area contributed by atoms with Crippen LogP contribution in [-0.2, 0) is 11.2 Å². The summed E-state index contributed by atoms with van der Waals surface area (Å²) >= 11 is 0. The van der Waals surface area contributed by atoms with Crippen molar-refractivity contribution in [3.05, 3.63) is 12.2 Å². The smallest absolute Gasteiger partial charge is 0.138 e. The minimum Gasteiger partial charge on any atom is -0.377 e. The van der Waals surface area contributed by atoms with E-state index in [-0.39, 0.29) is 0 Å². The second kappa shape index (κ2) is 6.48. The first-order chi connectivity index (χ1) is 9.17. The lowest BCUT2D eigenvalue weighted by Crippen LogP contribution is -2.43. The van der Waals surface area contributed by atoms with E-state index in [1.54, 1.807) is 6.33 Å². The molecule has 0 amide bonds. The van der Waals surface area contributed by atoms with E-state index in [0.717, 1.165) is 18.9 Å². The van der Waals surface area contributed by atoms with Crippen molar-refractivity contribution in [2.24, 2.45) is 5.92 Å². The first-order valence-corrected chi connectivity index (χ1v) is 7.34. The van der Waals surface area contributed by atoms with Gasteiger partial charge in [-0.3, -0.25) is 0 Å². The molecule has 2 unspecified atom stereocenters. The highest BCUT2D eigenvalue weighted by molar-refractivity contribution is 4.97. The van der Waals surface area contributed by atoms with Crippen molar-refractivity contribution in [1.29, 1.82) is 0 Å². The molecule has 108 valence electrons. The van der Waals surface area contributed by atoms with Crippen LogP contribution in [0, 0.1) is 5.92 Å². The van der Waals surface area contributed by atoms with Crippen molar-refractivity contribution in [1.82, 2.24) is 20.1 Å². The Morgan fingerprint density at radius 2 is 2.21 bits per heavy atom. The molecule has 1 aliphatic rings. The third-order valence-corrected chi connectivity index (χ3v) is 3.75. The molecule has 0 aromatic carbocycles. The first kappa shape index (κ1) is 14.5. The zero-order valence-electron chi connectivity index (χ0n) is 12.5. The van der Waals surface area contributed by atoms with E-state index in [1.807, 2.05) is 11.7 Å². The Hall–Kier alpha value is -0.940. The van der Waals surface area contributed by atoms with Gasteiger partial charge >= 0.3 is 0 Å². The van der Waals surface area contributed by atoms with Crippen molar-refractivity contribution in [3.63, 3.8) is 0 Å². The van der Waals surface area contributed by atoms with Gasteiger partial charge in [-0.1, -0.05) is 0 Å². The maximum atomic E-state index is 5.95. The fraction of sp³-hybridized carbons (Fsp3) is 0.857. The van der Waals surface area contributed by atoms with Gasteiger partial charge in [0.1, 0.15) is 12.2 Å². The molecule has 1 N–H and O–H groups in total. The molecule has 0 saturated heterocycles. The van der Waals surface area contributed by atoms with E-state index in [2.05, 4.69) is 36.2 Å². The summed E-state index contributed by atoms with van der Waals surface area (Å²) < 4.78 is 7.95. The molecule has 0 spiro atoms. The van der Waals surface area contributed by atoms with Gasteiger partial charge in [0, 0.05) is 25.1 Å². The van der Waals surface area contributed by atoms with Crippen LogP contribution in [0.2, 0.25) is 0 Å². The summed E-state index contributed by atoms with van der Waals surface area (Å²) in [6.07, 6.45) is 5.40. The summed E-state index contributed by atoms with van der Waals surface area (Å²) in [5.41, 5.74) is 0. The number of hydrogen-bond donors (Lipinski definition) is 1. The van der Waals surface area contributed by atoms with Crippen LogP contribution in [-0.4, -0.2) is 40.6 Å². The van der Waals surface area contributed by atoms with Gasteiger partial charge in [-0.15, -0.1) is 0 Å². The van der Waals surface area contributed by atoms with Crippen molar-refractivity contribution < 1.29 is 4.74 Å². The molecule has 1 aromatic rings. The monoisotopic (exact) mass is 266 g/mol. The Kier molecular flexibility index (Phi) is 4.93. The Balaban J connectivity index is 2.06. The number of aromatic nitrogens is 3. The molecular formula is C14H26N4O. The van der Waals surface area contributed by atoms with Crippen LogP contribution in [0.4, 0.5) is 0 Å². The zero-order chi connectivity index (χ0) is 13.8. The molecule has 0 bridgehead atoms. The highest BCUT2D eigenvalue weighted by Gasteiger charge is 2.37. The summed E-state index contributed by atoms with van der Waals surface area (Å²) in [7, 11) is 2.01. The number of ether oxygens (including phenoxy) is 1.